The molecule has 0 radical (unpaired) electrons. The van der Waals surface area contributed by atoms with Crippen molar-refractivity contribution in [1.29, 1.82) is 0 Å². The fourth-order valence-corrected chi connectivity index (χ4v) is 4.33. The highest BCUT2D eigenvalue weighted by molar-refractivity contribution is 6.34. The second-order valence-electron chi connectivity index (χ2n) is 8.94. The van der Waals surface area contributed by atoms with E-state index in [1.165, 1.54) is 12.1 Å². The van der Waals surface area contributed by atoms with Crippen LogP contribution >= 0.6 is 11.6 Å². The van der Waals surface area contributed by atoms with Gasteiger partial charge in [-0.15, -0.1) is 0 Å². The SMILES string of the molecule is CC1=NN(c2cccc(C(=O)O)c2)C(=O)/C1=C\c1ccc(-c2ccc(Cl)c(C(=O)Nc3cccc(C)c3)c2)o1. The van der Waals surface area contributed by atoms with Crippen LogP contribution < -0.4 is 10.3 Å². The van der Waals surface area contributed by atoms with Gasteiger partial charge >= 0.3 is 5.97 Å². The lowest BCUT2D eigenvalue weighted by Gasteiger charge is -2.12. The maximum Gasteiger partial charge on any atom is 0.335 e. The quantitative estimate of drug-likeness (QED) is 0.266. The molecule has 2 heterocycles. The van der Waals surface area contributed by atoms with Crippen LogP contribution in [0.2, 0.25) is 5.02 Å². The number of hydrogen-bond acceptors (Lipinski definition) is 5. The van der Waals surface area contributed by atoms with Crippen LogP contribution in [0.15, 0.2) is 94.0 Å². The number of rotatable bonds is 6. The molecule has 0 spiro atoms. The molecule has 39 heavy (non-hydrogen) atoms. The van der Waals surface area contributed by atoms with E-state index in [0.717, 1.165) is 10.6 Å². The summed E-state index contributed by atoms with van der Waals surface area (Å²) < 4.78 is 5.97. The van der Waals surface area contributed by atoms with E-state index in [2.05, 4.69) is 10.4 Å². The first-order chi connectivity index (χ1) is 18.7. The Kier molecular flexibility index (Phi) is 6.87. The van der Waals surface area contributed by atoms with E-state index in [9.17, 15) is 19.5 Å². The van der Waals surface area contributed by atoms with Gasteiger partial charge in [0.15, 0.2) is 0 Å². The van der Waals surface area contributed by atoms with Crippen LogP contribution in [0.4, 0.5) is 11.4 Å². The van der Waals surface area contributed by atoms with Crippen LogP contribution in [-0.4, -0.2) is 28.6 Å². The zero-order valence-corrected chi connectivity index (χ0v) is 21.7. The van der Waals surface area contributed by atoms with Gasteiger partial charge in [-0.3, -0.25) is 9.59 Å². The van der Waals surface area contributed by atoms with Gasteiger partial charge in [0.1, 0.15) is 11.5 Å². The molecule has 5 rings (SSSR count). The van der Waals surface area contributed by atoms with E-state index in [1.807, 2.05) is 25.1 Å². The number of carboxylic acid groups (broad SMARTS) is 1. The standard InChI is InChI=1S/C30H22ClN3O5/c1-17-5-3-7-21(13-17)32-28(35)25-15-19(9-11-26(25)31)27-12-10-23(39-27)16-24-18(2)33-34(29(24)36)22-8-4-6-20(14-22)30(37)38/h3-16H,1-2H3,(H,32,35)(H,37,38)/b24-16-. The van der Waals surface area contributed by atoms with Gasteiger partial charge in [-0.05, 0) is 86.2 Å². The van der Waals surface area contributed by atoms with Gasteiger partial charge in [0.2, 0.25) is 0 Å². The molecule has 0 aliphatic carbocycles. The number of carbonyl (C=O) groups excluding carboxylic acids is 2. The average molecular weight is 540 g/mol. The van der Waals surface area contributed by atoms with Crippen LogP contribution in [0.5, 0.6) is 0 Å². The molecule has 1 aliphatic rings. The maximum atomic E-state index is 13.1. The topological polar surface area (TPSA) is 112 Å². The summed E-state index contributed by atoms with van der Waals surface area (Å²) in [5.41, 5.74) is 3.77. The molecule has 0 fully saturated rings. The minimum atomic E-state index is -1.10. The molecule has 8 nitrogen and oxygen atoms in total. The number of aryl methyl sites for hydroxylation is 1. The van der Waals surface area contributed by atoms with E-state index >= 15 is 0 Å². The number of nitrogens with one attached hydrogen (secondary N) is 1. The summed E-state index contributed by atoms with van der Waals surface area (Å²) in [6.45, 7) is 3.63. The van der Waals surface area contributed by atoms with Gasteiger partial charge in [-0.1, -0.05) is 29.8 Å². The van der Waals surface area contributed by atoms with Crippen molar-refractivity contribution in [3.63, 3.8) is 0 Å². The summed E-state index contributed by atoms with van der Waals surface area (Å²) in [5, 5.41) is 17.9. The summed E-state index contributed by atoms with van der Waals surface area (Å²) in [5.74, 6) is -0.966. The van der Waals surface area contributed by atoms with E-state index < -0.39 is 11.9 Å². The maximum absolute atomic E-state index is 13.1. The number of aromatic carboxylic acids is 1. The van der Waals surface area contributed by atoms with Crippen molar-refractivity contribution in [2.24, 2.45) is 5.10 Å². The molecule has 9 heteroatoms. The predicted molar refractivity (Wildman–Crippen MR) is 150 cm³/mol. The third-order valence-corrected chi connectivity index (χ3v) is 6.41. The first kappa shape index (κ1) is 25.7. The Morgan fingerprint density at radius 1 is 1.00 bits per heavy atom. The van der Waals surface area contributed by atoms with Crippen molar-refractivity contribution >= 4 is 52.5 Å². The van der Waals surface area contributed by atoms with E-state index in [0.29, 0.717) is 50.3 Å². The lowest BCUT2D eigenvalue weighted by Crippen LogP contribution is -2.21. The van der Waals surface area contributed by atoms with E-state index in [1.54, 1.807) is 61.5 Å². The third-order valence-electron chi connectivity index (χ3n) is 6.09. The van der Waals surface area contributed by atoms with Gasteiger partial charge in [0, 0.05) is 11.3 Å². The molecule has 2 N–H and O–H groups in total. The highest BCUT2D eigenvalue weighted by Crippen LogP contribution is 2.30. The number of nitrogens with zero attached hydrogens (tertiary/aromatic N) is 2. The summed E-state index contributed by atoms with van der Waals surface area (Å²) >= 11 is 6.33. The monoisotopic (exact) mass is 539 g/mol. The summed E-state index contributed by atoms with van der Waals surface area (Å²) in [7, 11) is 0. The van der Waals surface area contributed by atoms with Crippen molar-refractivity contribution in [2.45, 2.75) is 13.8 Å². The van der Waals surface area contributed by atoms with Gasteiger partial charge in [0.05, 0.1) is 33.1 Å². The van der Waals surface area contributed by atoms with Crippen molar-refractivity contribution in [1.82, 2.24) is 0 Å². The molecule has 0 saturated carbocycles. The molecule has 1 aromatic heterocycles. The normalized spacial score (nSPS) is 14.0. The Morgan fingerprint density at radius 3 is 2.56 bits per heavy atom. The highest BCUT2D eigenvalue weighted by Gasteiger charge is 2.29. The van der Waals surface area contributed by atoms with Crippen LogP contribution in [0.3, 0.4) is 0 Å². The Hall–Kier alpha value is -4.95. The molecule has 0 bridgehead atoms. The Balaban J connectivity index is 1.38. The number of benzene rings is 3. The summed E-state index contributed by atoms with van der Waals surface area (Å²) in [6.07, 6.45) is 1.58. The minimum Gasteiger partial charge on any atom is -0.478 e. The number of hydrazone groups is 1. The van der Waals surface area contributed by atoms with Crippen molar-refractivity contribution in [2.75, 3.05) is 10.3 Å². The van der Waals surface area contributed by atoms with Gasteiger partial charge in [0.25, 0.3) is 11.8 Å². The second kappa shape index (κ2) is 10.4. The van der Waals surface area contributed by atoms with Crippen LogP contribution in [0, 0.1) is 6.92 Å². The largest absolute Gasteiger partial charge is 0.478 e. The van der Waals surface area contributed by atoms with Gasteiger partial charge in [-0.25, -0.2) is 4.79 Å². The lowest BCUT2D eigenvalue weighted by atomic mass is 10.1. The van der Waals surface area contributed by atoms with Crippen LogP contribution in [0.1, 0.15) is 39.0 Å². The lowest BCUT2D eigenvalue weighted by molar-refractivity contribution is -0.114. The third kappa shape index (κ3) is 5.37. The van der Waals surface area contributed by atoms with Crippen LogP contribution in [-0.2, 0) is 4.79 Å². The number of carbonyl (C=O) groups is 3. The summed E-state index contributed by atoms with van der Waals surface area (Å²) in [4.78, 5) is 37.3. The smallest absolute Gasteiger partial charge is 0.335 e. The fraction of sp³-hybridized carbons (Fsp3) is 0.0667. The zero-order valence-electron chi connectivity index (χ0n) is 20.9. The molecule has 0 unspecified atom stereocenters. The molecular formula is C30H22ClN3O5. The van der Waals surface area contributed by atoms with Gasteiger partial charge < -0.3 is 14.8 Å². The van der Waals surface area contributed by atoms with Gasteiger partial charge in [-0.2, -0.15) is 10.1 Å². The average Bonchev–Trinajstić information content (AvgIpc) is 3.49. The number of halogens is 1. The minimum absolute atomic E-state index is 0.0520. The molecule has 4 aromatic rings. The highest BCUT2D eigenvalue weighted by atomic mass is 35.5. The Labute approximate surface area is 228 Å². The Bertz CT molecular complexity index is 1700. The van der Waals surface area contributed by atoms with Crippen molar-refractivity contribution in [3.8, 4) is 11.3 Å². The van der Waals surface area contributed by atoms with E-state index in [4.69, 9.17) is 16.0 Å². The molecule has 1 aliphatic heterocycles. The molecule has 2 amide bonds. The van der Waals surface area contributed by atoms with Crippen molar-refractivity contribution in [3.05, 3.63) is 112 Å². The number of amides is 2. The fourth-order valence-electron chi connectivity index (χ4n) is 4.13. The number of hydrogen-bond donors (Lipinski definition) is 2. The van der Waals surface area contributed by atoms with Crippen molar-refractivity contribution < 1.29 is 23.9 Å². The molecule has 3 aromatic carbocycles. The van der Waals surface area contributed by atoms with E-state index in [-0.39, 0.29) is 11.5 Å². The second-order valence-corrected chi connectivity index (χ2v) is 9.34. The zero-order chi connectivity index (χ0) is 27.7. The van der Waals surface area contributed by atoms with Crippen LogP contribution in [0.25, 0.3) is 17.4 Å². The molecule has 0 atom stereocenters. The predicted octanol–water partition coefficient (Wildman–Crippen LogP) is 6.67. The first-order valence-corrected chi connectivity index (χ1v) is 12.3. The molecular weight excluding hydrogens is 518 g/mol. The number of furan rings is 1. The number of anilines is 2. The molecule has 0 saturated heterocycles. The Morgan fingerprint density at radius 2 is 1.79 bits per heavy atom. The first-order valence-electron chi connectivity index (χ1n) is 11.9. The molecule has 194 valence electrons. The summed E-state index contributed by atoms with van der Waals surface area (Å²) in [6, 6.07) is 21.9. The number of carboxylic acids is 1.